The fraction of sp³-hybridized carbons (Fsp3) is 0.667. The number of aromatic nitrogens is 1. The molecule has 1 atom stereocenters. The van der Waals surface area contributed by atoms with Crippen LogP contribution in [0.3, 0.4) is 0 Å². The molecule has 0 aromatic carbocycles. The van der Waals surface area contributed by atoms with Crippen LogP contribution in [0.4, 0.5) is 0 Å². The monoisotopic (exact) mass is 315 g/mol. The van der Waals surface area contributed by atoms with Crippen LogP contribution in [0.25, 0.3) is 0 Å². The zero-order chi connectivity index (χ0) is 15.9. The van der Waals surface area contributed by atoms with Crippen LogP contribution in [0.15, 0.2) is 12.3 Å². The number of amides is 1. The van der Waals surface area contributed by atoms with Gasteiger partial charge < -0.3 is 0 Å². The van der Waals surface area contributed by atoms with Gasteiger partial charge in [0.15, 0.2) is 0 Å². The highest BCUT2D eigenvalue weighted by Gasteiger charge is 2.42. The highest BCUT2D eigenvalue weighted by atomic mass is 16.5. The van der Waals surface area contributed by atoms with E-state index in [1.54, 1.807) is 11.7 Å². The minimum atomic E-state index is -0.484. The normalized spacial score (nSPS) is 26.4. The minimum Gasteiger partial charge on any atom is -0.294 e. The molecule has 1 aromatic rings. The van der Waals surface area contributed by atoms with Gasteiger partial charge in [-0.3, -0.25) is 19.9 Å². The Hall–Kier alpha value is -1.46. The van der Waals surface area contributed by atoms with Gasteiger partial charge in [0.2, 0.25) is 0 Å². The molecule has 23 heavy (non-hydrogen) atoms. The number of nitrogens with one attached hydrogen (secondary N) is 1. The molecule has 4 rings (SSSR count). The molecular formula is C18H25N3O2. The highest BCUT2D eigenvalue weighted by Crippen LogP contribution is 2.52. The molecule has 1 spiro atoms. The third kappa shape index (κ3) is 2.76. The largest absolute Gasteiger partial charge is 0.294 e. The van der Waals surface area contributed by atoms with Gasteiger partial charge in [-0.25, -0.2) is 5.48 Å². The van der Waals surface area contributed by atoms with Crippen LogP contribution < -0.4 is 5.48 Å². The van der Waals surface area contributed by atoms with Crippen molar-refractivity contribution in [2.24, 2.45) is 5.41 Å². The summed E-state index contributed by atoms with van der Waals surface area (Å²) < 4.78 is 0. The van der Waals surface area contributed by atoms with Crippen LogP contribution in [-0.2, 0) is 13.0 Å². The Bertz CT molecular complexity index is 612. The van der Waals surface area contributed by atoms with Crippen LogP contribution >= 0.6 is 0 Å². The first-order valence-corrected chi connectivity index (χ1v) is 8.85. The number of hydrogen-bond donors (Lipinski definition) is 2. The first-order chi connectivity index (χ1) is 11.2. The van der Waals surface area contributed by atoms with E-state index in [0.29, 0.717) is 17.0 Å². The minimum absolute atomic E-state index is 0.436. The summed E-state index contributed by atoms with van der Waals surface area (Å²) in [5, 5.41) is 8.75. The number of pyridine rings is 1. The summed E-state index contributed by atoms with van der Waals surface area (Å²) in [4.78, 5) is 18.6. The predicted octanol–water partition coefficient (Wildman–Crippen LogP) is 2.67. The fourth-order valence-electron chi connectivity index (χ4n) is 4.79. The molecule has 124 valence electrons. The van der Waals surface area contributed by atoms with Crippen molar-refractivity contribution in [2.45, 2.75) is 64.0 Å². The lowest BCUT2D eigenvalue weighted by Crippen LogP contribution is -2.47. The molecule has 0 unspecified atom stereocenters. The van der Waals surface area contributed by atoms with E-state index < -0.39 is 5.91 Å². The lowest BCUT2D eigenvalue weighted by Gasteiger charge is -2.50. The van der Waals surface area contributed by atoms with Gasteiger partial charge in [-0.05, 0) is 55.6 Å². The SMILES string of the molecule is O=C(NO)c1cnc2c(c1)CCN([C@@H]1CCCC3(CCC3)C1)C2. The lowest BCUT2D eigenvalue weighted by atomic mass is 9.59. The van der Waals surface area contributed by atoms with Gasteiger partial charge >= 0.3 is 0 Å². The maximum atomic E-state index is 11.5. The van der Waals surface area contributed by atoms with E-state index in [0.717, 1.165) is 30.8 Å². The molecule has 5 heteroatoms. The Kier molecular flexibility index (Phi) is 3.85. The fourth-order valence-corrected chi connectivity index (χ4v) is 4.79. The smallest absolute Gasteiger partial charge is 0.276 e. The Morgan fingerprint density at radius 3 is 2.91 bits per heavy atom. The average molecular weight is 315 g/mol. The molecule has 0 bridgehead atoms. The number of carbonyl (C=O) groups excluding carboxylic acids is 1. The van der Waals surface area contributed by atoms with E-state index in [-0.39, 0.29) is 0 Å². The van der Waals surface area contributed by atoms with Crippen molar-refractivity contribution in [1.82, 2.24) is 15.4 Å². The van der Waals surface area contributed by atoms with E-state index in [1.165, 1.54) is 44.9 Å². The molecule has 0 radical (unpaired) electrons. The van der Waals surface area contributed by atoms with E-state index >= 15 is 0 Å². The molecule has 3 aliphatic rings. The topological polar surface area (TPSA) is 65.5 Å². The van der Waals surface area contributed by atoms with Crippen molar-refractivity contribution in [3.05, 3.63) is 29.1 Å². The molecule has 1 amide bonds. The zero-order valence-corrected chi connectivity index (χ0v) is 13.6. The second-order valence-electron chi connectivity index (χ2n) is 7.59. The van der Waals surface area contributed by atoms with E-state index in [1.807, 2.05) is 6.07 Å². The third-order valence-corrected chi connectivity index (χ3v) is 6.29. The number of carbonyl (C=O) groups is 1. The number of hydroxylamine groups is 1. The van der Waals surface area contributed by atoms with Crippen LogP contribution in [0.2, 0.25) is 0 Å². The Labute approximate surface area is 137 Å². The molecular weight excluding hydrogens is 290 g/mol. The summed E-state index contributed by atoms with van der Waals surface area (Å²) in [6.45, 7) is 1.96. The molecule has 1 aliphatic heterocycles. The molecule has 2 fully saturated rings. The number of nitrogens with zero attached hydrogens (tertiary/aromatic N) is 2. The lowest BCUT2D eigenvalue weighted by molar-refractivity contribution is 0.0115. The standard InChI is InChI=1S/C18H25N3O2/c22-17(20-23)14-9-13-4-8-21(12-16(13)19-11-14)15-3-1-5-18(10-15)6-2-7-18/h9,11,15,23H,1-8,10,12H2,(H,20,22)/t15-/m1/s1. The van der Waals surface area contributed by atoms with Crippen LogP contribution in [-0.4, -0.2) is 33.6 Å². The second-order valence-corrected chi connectivity index (χ2v) is 7.59. The van der Waals surface area contributed by atoms with Gasteiger partial charge in [0.25, 0.3) is 5.91 Å². The summed E-state index contributed by atoms with van der Waals surface area (Å²) in [5.74, 6) is -0.484. The van der Waals surface area contributed by atoms with Crippen molar-refractivity contribution in [1.29, 1.82) is 0 Å². The molecule has 2 saturated carbocycles. The van der Waals surface area contributed by atoms with E-state index in [4.69, 9.17) is 5.21 Å². The van der Waals surface area contributed by atoms with E-state index in [2.05, 4.69) is 9.88 Å². The molecule has 5 nitrogen and oxygen atoms in total. The summed E-state index contributed by atoms with van der Waals surface area (Å²) in [7, 11) is 0. The Morgan fingerprint density at radius 2 is 2.17 bits per heavy atom. The second kappa shape index (κ2) is 5.87. The van der Waals surface area contributed by atoms with Gasteiger partial charge in [0.05, 0.1) is 11.3 Å². The predicted molar refractivity (Wildman–Crippen MR) is 86.1 cm³/mol. The number of rotatable bonds is 2. The maximum Gasteiger partial charge on any atom is 0.276 e. The van der Waals surface area contributed by atoms with Crippen molar-refractivity contribution in [3.63, 3.8) is 0 Å². The van der Waals surface area contributed by atoms with Crippen LogP contribution in [0.1, 0.15) is 66.6 Å². The van der Waals surface area contributed by atoms with Gasteiger partial charge in [-0.2, -0.15) is 0 Å². The average Bonchev–Trinajstić information content (AvgIpc) is 2.59. The zero-order valence-electron chi connectivity index (χ0n) is 13.6. The number of hydrogen-bond acceptors (Lipinski definition) is 4. The molecule has 2 heterocycles. The van der Waals surface area contributed by atoms with Gasteiger partial charge in [0.1, 0.15) is 0 Å². The maximum absolute atomic E-state index is 11.5. The van der Waals surface area contributed by atoms with Crippen molar-refractivity contribution < 1.29 is 10.0 Å². The van der Waals surface area contributed by atoms with Crippen LogP contribution in [0, 0.1) is 5.41 Å². The van der Waals surface area contributed by atoms with E-state index in [9.17, 15) is 4.79 Å². The van der Waals surface area contributed by atoms with Crippen molar-refractivity contribution in [3.8, 4) is 0 Å². The summed E-state index contributed by atoms with van der Waals surface area (Å²) in [6.07, 6.45) is 12.3. The Balaban J connectivity index is 1.47. The summed E-state index contributed by atoms with van der Waals surface area (Å²) >= 11 is 0. The molecule has 0 saturated heterocycles. The first kappa shape index (κ1) is 15.1. The summed E-state index contributed by atoms with van der Waals surface area (Å²) in [6, 6.07) is 2.58. The summed E-state index contributed by atoms with van der Waals surface area (Å²) in [5.41, 5.74) is 5.03. The van der Waals surface area contributed by atoms with Crippen molar-refractivity contribution >= 4 is 5.91 Å². The quantitative estimate of drug-likeness (QED) is 0.650. The van der Waals surface area contributed by atoms with Gasteiger partial charge in [-0.15, -0.1) is 0 Å². The van der Waals surface area contributed by atoms with Gasteiger partial charge in [0, 0.05) is 25.3 Å². The molecule has 2 N–H and O–H groups in total. The van der Waals surface area contributed by atoms with Crippen LogP contribution in [0.5, 0.6) is 0 Å². The molecule has 1 aromatic heterocycles. The highest BCUT2D eigenvalue weighted by molar-refractivity contribution is 5.93. The van der Waals surface area contributed by atoms with Crippen molar-refractivity contribution in [2.75, 3.05) is 6.54 Å². The first-order valence-electron chi connectivity index (χ1n) is 8.85. The third-order valence-electron chi connectivity index (χ3n) is 6.29. The Morgan fingerprint density at radius 1 is 1.35 bits per heavy atom. The number of fused-ring (bicyclic) bond motifs is 1. The van der Waals surface area contributed by atoms with Gasteiger partial charge in [-0.1, -0.05) is 12.8 Å². The molecule has 2 aliphatic carbocycles.